The highest BCUT2D eigenvalue weighted by molar-refractivity contribution is 5.81. The number of halogens is 3. The fraction of sp³-hybridized carbons (Fsp3) is 0.440. The molecular weight excluding hydrogens is 431 g/mol. The number of nitrogens with zero attached hydrogens (tertiary/aromatic N) is 2. The Kier molecular flexibility index (Phi) is 7.33. The number of carbonyl (C=O) groups excluding carboxylic acids is 1. The Labute approximate surface area is 190 Å². The number of hydrogen-bond donors (Lipinski definition) is 1. The van der Waals surface area contributed by atoms with Crippen LogP contribution in [-0.2, 0) is 16.2 Å². The van der Waals surface area contributed by atoms with Gasteiger partial charge in [-0.05, 0) is 47.6 Å². The fourth-order valence-corrected chi connectivity index (χ4v) is 4.48. The minimum atomic E-state index is -5.02. The van der Waals surface area contributed by atoms with Gasteiger partial charge < -0.3 is 9.82 Å². The average molecular weight is 460 g/mol. The largest absolute Gasteiger partial charge is 0.492 e. The lowest BCUT2D eigenvalue weighted by molar-refractivity contribution is -0.241. The second-order valence-electron chi connectivity index (χ2n) is 8.72. The Morgan fingerprint density at radius 1 is 1.06 bits per heavy atom. The van der Waals surface area contributed by atoms with Gasteiger partial charge in [0.05, 0.1) is 23.9 Å². The van der Waals surface area contributed by atoms with E-state index in [0.717, 1.165) is 39.2 Å². The van der Waals surface area contributed by atoms with E-state index in [2.05, 4.69) is 9.97 Å². The van der Waals surface area contributed by atoms with E-state index in [-0.39, 0.29) is 13.1 Å². The number of rotatable bonds is 8. The first kappa shape index (κ1) is 23.3. The Morgan fingerprint density at radius 2 is 1.79 bits per heavy atom. The van der Waals surface area contributed by atoms with Crippen LogP contribution in [0.25, 0.3) is 22.2 Å². The lowest BCUT2D eigenvalue weighted by Crippen LogP contribution is -2.35. The number of aromatic nitrogens is 2. The molecule has 33 heavy (non-hydrogen) atoms. The number of hydroxylamine groups is 2. The molecule has 0 spiro atoms. The maximum Gasteiger partial charge on any atom is 0.492 e. The molecule has 0 atom stereocenters. The van der Waals surface area contributed by atoms with Crippen molar-refractivity contribution in [2.45, 2.75) is 57.7 Å². The molecule has 2 aromatic carbocycles. The van der Waals surface area contributed by atoms with E-state index in [1.807, 2.05) is 42.5 Å². The van der Waals surface area contributed by atoms with Crippen LogP contribution in [0, 0.1) is 5.92 Å². The number of aromatic amines is 1. The van der Waals surface area contributed by atoms with Gasteiger partial charge in [-0.25, -0.2) is 9.78 Å². The minimum absolute atomic E-state index is 0.102. The molecule has 1 aromatic heterocycles. The Bertz CT molecular complexity index is 1060. The van der Waals surface area contributed by atoms with Gasteiger partial charge in [-0.2, -0.15) is 13.2 Å². The van der Waals surface area contributed by atoms with Crippen LogP contribution < -0.4 is 0 Å². The number of nitrogens with one attached hydrogen (secondary N) is 1. The van der Waals surface area contributed by atoms with E-state index in [1.54, 1.807) is 6.33 Å². The van der Waals surface area contributed by atoms with Crippen molar-refractivity contribution >= 4 is 17.0 Å². The zero-order chi connectivity index (χ0) is 23.3. The third kappa shape index (κ3) is 6.35. The van der Waals surface area contributed by atoms with Gasteiger partial charge in [-0.3, -0.25) is 0 Å². The topological polar surface area (TPSA) is 58.2 Å². The highest BCUT2D eigenvalue weighted by Crippen LogP contribution is 2.28. The minimum Gasteiger partial charge on any atom is -0.360 e. The summed E-state index contributed by atoms with van der Waals surface area (Å²) in [5.74, 6) is -1.56. The van der Waals surface area contributed by atoms with E-state index in [9.17, 15) is 18.0 Å². The molecule has 0 bridgehead atoms. The van der Waals surface area contributed by atoms with Crippen molar-refractivity contribution < 1.29 is 22.8 Å². The van der Waals surface area contributed by atoms with Crippen molar-refractivity contribution in [3.05, 3.63) is 54.4 Å². The molecule has 1 aliphatic carbocycles. The molecule has 3 aromatic rings. The van der Waals surface area contributed by atoms with Crippen molar-refractivity contribution in [3.8, 4) is 11.1 Å². The Morgan fingerprint density at radius 3 is 2.52 bits per heavy atom. The number of benzene rings is 2. The monoisotopic (exact) mass is 459 g/mol. The van der Waals surface area contributed by atoms with Crippen LogP contribution >= 0.6 is 0 Å². The summed E-state index contributed by atoms with van der Waals surface area (Å²) < 4.78 is 38.3. The van der Waals surface area contributed by atoms with Crippen molar-refractivity contribution in [1.82, 2.24) is 15.0 Å². The van der Waals surface area contributed by atoms with Crippen LogP contribution in [0.15, 0.2) is 48.8 Å². The van der Waals surface area contributed by atoms with Crippen molar-refractivity contribution in [3.63, 3.8) is 0 Å². The standard InChI is InChI=1S/C25H28F3N3O2/c26-25(27,28)24(32)33-31(14-4-7-18-5-2-1-3-6-18)16-19-8-10-20(11-9-19)21-12-13-22-23(15-21)30-17-29-22/h8-13,15,17-18H,1-7,14,16H2,(H,29,30). The summed E-state index contributed by atoms with van der Waals surface area (Å²) in [6, 6.07) is 13.4. The molecule has 176 valence electrons. The summed E-state index contributed by atoms with van der Waals surface area (Å²) in [6.07, 6.45) is 4.30. The summed E-state index contributed by atoms with van der Waals surface area (Å²) >= 11 is 0. The van der Waals surface area contributed by atoms with E-state index >= 15 is 0 Å². The van der Waals surface area contributed by atoms with E-state index in [0.29, 0.717) is 12.3 Å². The molecule has 1 fully saturated rings. The predicted octanol–water partition coefficient (Wildman–Crippen LogP) is 6.41. The van der Waals surface area contributed by atoms with Gasteiger partial charge in [0, 0.05) is 6.54 Å². The molecule has 0 aliphatic heterocycles. The smallest absolute Gasteiger partial charge is 0.360 e. The van der Waals surface area contributed by atoms with Crippen LogP contribution in [0.1, 0.15) is 50.5 Å². The second-order valence-corrected chi connectivity index (χ2v) is 8.72. The van der Waals surface area contributed by atoms with E-state index < -0.39 is 12.1 Å². The summed E-state index contributed by atoms with van der Waals surface area (Å²) in [5, 5.41) is 1.14. The highest BCUT2D eigenvalue weighted by Gasteiger charge is 2.42. The number of alkyl halides is 3. The lowest BCUT2D eigenvalue weighted by Gasteiger charge is -2.25. The second kappa shape index (κ2) is 10.4. The Hall–Kier alpha value is -2.87. The van der Waals surface area contributed by atoms with Gasteiger partial charge in [0.25, 0.3) is 0 Å². The molecule has 1 aliphatic rings. The van der Waals surface area contributed by atoms with Crippen molar-refractivity contribution in [1.29, 1.82) is 0 Å². The molecule has 1 N–H and O–H groups in total. The summed E-state index contributed by atoms with van der Waals surface area (Å²) in [7, 11) is 0. The molecule has 1 heterocycles. The third-order valence-corrected chi connectivity index (χ3v) is 6.26. The van der Waals surface area contributed by atoms with Gasteiger partial charge in [-0.15, -0.1) is 5.06 Å². The van der Waals surface area contributed by atoms with E-state index in [4.69, 9.17) is 4.84 Å². The molecule has 1 saturated carbocycles. The first-order valence-electron chi connectivity index (χ1n) is 11.4. The molecule has 8 heteroatoms. The van der Waals surface area contributed by atoms with Crippen LogP contribution in [0.2, 0.25) is 0 Å². The lowest BCUT2D eigenvalue weighted by atomic mass is 9.86. The number of fused-ring (bicyclic) bond motifs is 1. The molecular formula is C25H28F3N3O2. The molecule has 0 unspecified atom stereocenters. The summed E-state index contributed by atoms with van der Waals surface area (Å²) in [5.41, 5.74) is 4.55. The summed E-state index contributed by atoms with van der Waals surface area (Å²) in [6.45, 7) is 0.376. The van der Waals surface area contributed by atoms with Crippen molar-refractivity contribution in [2.75, 3.05) is 6.54 Å². The first-order chi connectivity index (χ1) is 15.9. The van der Waals surface area contributed by atoms with Crippen LogP contribution in [0.3, 0.4) is 0 Å². The average Bonchev–Trinajstić information content (AvgIpc) is 3.27. The molecule has 4 rings (SSSR count). The highest BCUT2D eigenvalue weighted by atomic mass is 19.4. The van der Waals surface area contributed by atoms with Crippen LogP contribution in [0.4, 0.5) is 13.2 Å². The van der Waals surface area contributed by atoms with Gasteiger partial charge >= 0.3 is 12.1 Å². The maximum atomic E-state index is 12.8. The Balaban J connectivity index is 1.40. The number of hydrogen-bond acceptors (Lipinski definition) is 4. The van der Waals surface area contributed by atoms with Gasteiger partial charge in [0.15, 0.2) is 0 Å². The van der Waals surface area contributed by atoms with Gasteiger partial charge in [0.1, 0.15) is 0 Å². The third-order valence-electron chi connectivity index (χ3n) is 6.26. The van der Waals surface area contributed by atoms with Crippen LogP contribution in [0.5, 0.6) is 0 Å². The zero-order valence-corrected chi connectivity index (χ0v) is 18.4. The normalized spacial score (nSPS) is 15.3. The van der Waals surface area contributed by atoms with E-state index in [1.165, 1.54) is 32.1 Å². The van der Waals surface area contributed by atoms with Crippen molar-refractivity contribution in [2.24, 2.45) is 5.92 Å². The SMILES string of the molecule is O=C(ON(CCCC1CCCCC1)Cc1ccc(-c2ccc3[nH]cnc3c2)cc1)C(F)(F)F. The first-order valence-corrected chi connectivity index (χ1v) is 11.4. The van der Waals surface area contributed by atoms with Gasteiger partial charge in [0.2, 0.25) is 0 Å². The molecule has 5 nitrogen and oxygen atoms in total. The fourth-order valence-electron chi connectivity index (χ4n) is 4.48. The van der Waals surface area contributed by atoms with Gasteiger partial charge in [-0.1, -0.05) is 62.4 Å². The predicted molar refractivity (Wildman–Crippen MR) is 120 cm³/mol. The summed E-state index contributed by atoms with van der Waals surface area (Å²) in [4.78, 5) is 23.5. The molecule has 0 amide bonds. The molecule has 0 radical (unpaired) electrons. The maximum absolute atomic E-state index is 12.8. The molecule has 0 saturated heterocycles. The van der Waals surface area contributed by atoms with Crippen LogP contribution in [-0.4, -0.2) is 33.7 Å². The number of imidazole rings is 1. The zero-order valence-electron chi connectivity index (χ0n) is 18.4. The number of carbonyl (C=O) groups is 1. The quantitative estimate of drug-likeness (QED) is 0.395. The number of H-pyrrole nitrogens is 1.